The summed E-state index contributed by atoms with van der Waals surface area (Å²) in [6, 6.07) is 7.77. The molecule has 0 aliphatic heterocycles. The highest BCUT2D eigenvalue weighted by Crippen LogP contribution is 2.11. The highest BCUT2D eigenvalue weighted by Gasteiger charge is 2.07. The van der Waals surface area contributed by atoms with Crippen LogP contribution in [0.3, 0.4) is 0 Å². The first-order chi connectivity index (χ1) is 11.7. The summed E-state index contributed by atoms with van der Waals surface area (Å²) in [5.41, 5.74) is 1.86. The number of unbranched alkanes of at least 4 members (excludes halogenated alkanes) is 2. The molecule has 0 aliphatic carbocycles. The van der Waals surface area contributed by atoms with Crippen molar-refractivity contribution in [1.82, 2.24) is 15.3 Å². The molecule has 0 saturated heterocycles. The normalized spacial score (nSPS) is 10.4. The van der Waals surface area contributed by atoms with Crippen LogP contribution in [0.4, 0.5) is 5.82 Å². The molecule has 1 N–H and O–H groups in total. The number of nitrogens with one attached hydrogen (secondary N) is 1. The molecule has 128 valence electrons. The molecule has 0 bridgehead atoms. The summed E-state index contributed by atoms with van der Waals surface area (Å²) in [6.45, 7) is 3.73. The maximum atomic E-state index is 12.0. The fourth-order valence-corrected chi connectivity index (χ4v) is 2.39. The number of hydrogen-bond acceptors (Lipinski definition) is 4. The molecule has 2 aromatic rings. The molecule has 24 heavy (non-hydrogen) atoms. The van der Waals surface area contributed by atoms with E-state index in [0.29, 0.717) is 5.56 Å². The lowest BCUT2D eigenvalue weighted by Gasteiger charge is -2.18. The Morgan fingerprint density at radius 2 is 1.96 bits per heavy atom. The SMILES string of the molecule is CCCCCNC(=O)c1ccc(N(C)CCc2ccncc2)nc1. The molecule has 5 heteroatoms. The van der Waals surface area contributed by atoms with Crippen molar-refractivity contribution in [3.05, 3.63) is 54.0 Å². The highest BCUT2D eigenvalue weighted by atomic mass is 16.1. The Morgan fingerprint density at radius 1 is 1.17 bits per heavy atom. The van der Waals surface area contributed by atoms with Gasteiger partial charge in [0.05, 0.1) is 5.56 Å². The van der Waals surface area contributed by atoms with E-state index in [2.05, 4.69) is 27.1 Å². The van der Waals surface area contributed by atoms with Crippen molar-refractivity contribution in [2.45, 2.75) is 32.6 Å². The number of hydrogen-bond donors (Lipinski definition) is 1. The summed E-state index contributed by atoms with van der Waals surface area (Å²) in [5.74, 6) is 0.816. The quantitative estimate of drug-likeness (QED) is 0.720. The second-order valence-corrected chi connectivity index (χ2v) is 5.90. The predicted molar refractivity (Wildman–Crippen MR) is 97.3 cm³/mol. The van der Waals surface area contributed by atoms with Gasteiger partial charge in [0.1, 0.15) is 5.82 Å². The lowest BCUT2D eigenvalue weighted by Crippen LogP contribution is -2.25. The van der Waals surface area contributed by atoms with E-state index in [-0.39, 0.29) is 5.91 Å². The summed E-state index contributed by atoms with van der Waals surface area (Å²) >= 11 is 0. The minimum atomic E-state index is -0.0513. The molecular weight excluding hydrogens is 300 g/mol. The Kier molecular flexibility index (Phi) is 7.21. The van der Waals surface area contributed by atoms with Crippen LogP contribution in [0.25, 0.3) is 0 Å². The molecule has 1 amide bonds. The topological polar surface area (TPSA) is 58.1 Å². The number of amides is 1. The maximum absolute atomic E-state index is 12.0. The van der Waals surface area contributed by atoms with Crippen molar-refractivity contribution >= 4 is 11.7 Å². The van der Waals surface area contributed by atoms with Gasteiger partial charge in [0.2, 0.25) is 0 Å². The van der Waals surface area contributed by atoms with Crippen molar-refractivity contribution in [1.29, 1.82) is 0 Å². The summed E-state index contributed by atoms with van der Waals surface area (Å²) in [6.07, 6.45) is 9.50. The molecule has 2 rings (SSSR count). The van der Waals surface area contributed by atoms with E-state index in [1.807, 2.05) is 43.7 Å². The Bertz CT molecular complexity index is 613. The van der Waals surface area contributed by atoms with Gasteiger partial charge in [0.15, 0.2) is 0 Å². The van der Waals surface area contributed by atoms with Gasteiger partial charge in [-0.1, -0.05) is 19.8 Å². The van der Waals surface area contributed by atoms with Gasteiger partial charge in [0.25, 0.3) is 5.91 Å². The molecule has 5 nitrogen and oxygen atoms in total. The van der Waals surface area contributed by atoms with Crippen LogP contribution < -0.4 is 10.2 Å². The predicted octanol–water partition coefficient (Wildman–Crippen LogP) is 3.08. The van der Waals surface area contributed by atoms with Gasteiger partial charge < -0.3 is 10.2 Å². The number of aromatic nitrogens is 2. The minimum Gasteiger partial charge on any atom is -0.359 e. The van der Waals surface area contributed by atoms with E-state index in [1.165, 1.54) is 5.56 Å². The van der Waals surface area contributed by atoms with Crippen molar-refractivity contribution in [3.63, 3.8) is 0 Å². The summed E-state index contributed by atoms with van der Waals surface area (Å²) in [4.78, 5) is 22.5. The fourth-order valence-electron chi connectivity index (χ4n) is 2.39. The van der Waals surface area contributed by atoms with Crippen molar-refractivity contribution < 1.29 is 4.79 Å². The first-order valence-corrected chi connectivity index (χ1v) is 8.55. The Morgan fingerprint density at radius 3 is 2.62 bits per heavy atom. The minimum absolute atomic E-state index is 0.0513. The Hall–Kier alpha value is -2.43. The van der Waals surface area contributed by atoms with E-state index >= 15 is 0 Å². The first-order valence-electron chi connectivity index (χ1n) is 8.55. The van der Waals surface area contributed by atoms with E-state index < -0.39 is 0 Å². The molecule has 0 spiro atoms. The molecule has 2 heterocycles. The number of anilines is 1. The molecule has 0 saturated carbocycles. The molecule has 0 radical (unpaired) electrons. The van der Waals surface area contributed by atoms with Crippen LogP contribution in [0.1, 0.15) is 42.1 Å². The monoisotopic (exact) mass is 326 g/mol. The zero-order valence-corrected chi connectivity index (χ0v) is 14.5. The maximum Gasteiger partial charge on any atom is 0.252 e. The largest absolute Gasteiger partial charge is 0.359 e. The van der Waals surface area contributed by atoms with Gasteiger partial charge in [0, 0.05) is 38.7 Å². The van der Waals surface area contributed by atoms with Crippen LogP contribution in [0.5, 0.6) is 0 Å². The van der Waals surface area contributed by atoms with Crippen LogP contribution in [-0.2, 0) is 6.42 Å². The highest BCUT2D eigenvalue weighted by molar-refractivity contribution is 5.94. The van der Waals surface area contributed by atoms with E-state index in [9.17, 15) is 4.79 Å². The van der Waals surface area contributed by atoms with Crippen LogP contribution in [0.2, 0.25) is 0 Å². The molecule has 0 fully saturated rings. The second-order valence-electron chi connectivity index (χ2n) is 5.90. The summed E-state index contributed by atoms with van der Waals surface area (Å²) in [7, 11) is 2.01. The van der Waals surface area contributed by atoms with Gasteiger partial charge in [-0.2, -0.15) is 0 Å². The molecule has 0 aromatic carbocycles. The zero-order chi connectivity index (χ0) is 17.2. The van der Waals surface area contributed by atoms with Crippen LogP contribution in [0.15, 0.2) is 42.9 Å². The van der Waals surface area contributed by atoms with Crippen molar-refractivity contribution in [2.24, 2.45) is 0 Å². The number of pyridine rings is 2. The number of likely N-dealkylation sites (N-methyl/N-ethyl adjacent to an activating group) is 1. The van der Waals surface area contributed by atoms with E-state index in [4.69, 9.17) is 0 Å². The van der Waals surface area contributed by atoms with E-state index in [0.717, 1.165) is 44.6 Å². The average molecular weight is 326 g/mol. The number of nitrogens with zero attached hydrogens (tertiary/aromatic N) is 3. The number of carbonyl (C=O) groups is 1. The third kappa shape index (κ3) is 5.65. The van der Waals surface area contributed by atoms with Crippen LogP contribution in [-0.4, -0.2) is 36.0 Å². The molecule has 0 unspecified atom stereocenters. The van der Waals surface area contributed by atoms with E-state index in [1.54, 1.807) is 6.20 Å². The van der Waals surface area contributed by atoms with Gasteiger partial charge >= 0.3 is 0 Å². The Labute approximate surface area is 144 Å². The zero-order valence-electron chi connectivity index (χ0n) is 14.5. The van der Waals surface area contributed by atoms with Crippen LogP contribution in [0, 0.1) is 0 Å². The van der Waals surface area contributed by atoms with Crippen molar-refractivity contribution in [3.8, 4) is 0 Å². The lowest BCUT2D eigenvalue weighted by atomic mass is 10.2. The second kappa shape index (κ2) is 9.65. The fraction of sp³-hybridized carbons (Fsp3) is 0.421. The van der Waals surface area contributed by atoms with Gasteiger partial charge in [-0.15, -0.1) is 0 Å². The molecule has 2 aromatic heterocycles. The lowest BCUT2D eigenvalue weighted by molar-refractivity contribution is 0.0952. The molecule has 0 aliphatic rings. The summed E-state index contributed by atoms with van der Waals surface area (Å²) in [5, 5.41) is 2.93. The summed E-state index contributed by atoms with van der Waals surface area (Å²) < 4.78 is 0. The standard InChI is InChI=1S/C19H26N4O/c1-3-4-5-11-21-19(24)17-6-7-18(22-15-17)23(2)14-10-16-8-12-20-13-9-16/h6-9,12-13,15H,3-5,10-11,14H2,1-2H3,(H,21,24). The van der Waals surface area contributed by atoms with Crippen molar-refractivity contribution in [2.75, 3.05) is 25.0 Å². The number of carbonyl (C=O) groups excluding carboxylic acids is 1. The van der Waals surface area contributed by atoms with Gasteiger partial charge in [-0.3, -0.25) is 9.78 Å². The smallest absolute Gasteiger partial charge is 0.252 e. The number of rotatable bonds is 9. The van der Waals surface area contributed by atoms with Gasteiger partial charge in [-0.25, -0.2) is 4.98 Å². The Balaban J connectivity index is 1.83. The first kappa shape index (κ1) is 17.9. The third-order valence-corrected chi connectivity index (χ3v) is 3.95. The van der Waals surface area contributed by atoms with Crippen LogP contribution >= 0.6 is 0 Å². The molecular formula is C19H26N4O. The van der Waals surface area contributed by atoms with Gasteiger partial charge in [-0.05, 0) is 42.7 Å². The average Bonchev–Trinajstić information content (AvgIpc) is 2.64. The third-order valence-electron chi connectivity index (χ3n) is 3.95. The molecule has 0 atom stereocenters.